The van der Waals surface area contributed by atoms with E-state index in [-0.39, 0.29) is 11.6 Å². The van der Waals surface area contributed by atoms with Crippen LogP contribution in [0.5, 0.6) is 0 Å². The molecule has 0 bridgehead atoms. The Hall–Kier alpha value is -0.660. The normalized spacial score (nSPS) is 11.4. The van der Waals surface area contributed by atoms with Gasteiger partial charge in [0, 0.05) is 12.8 Å². The highest BCUT2D eigenvalue weighted by Gasteiger charge is 2.12. The van der Waals surface area contributed by atoms with Crippen LogP contribution >= 0.6 is 0 Å². The first-order chi connectivity index (χ1) is 20.2. The Balaban J connectivity index is 3.26. The number of Topliss-reactive ketones (excluding diaryl/α,β-unsaturated/α-hetero) is 2. The first-order valence-electron chi connectivity index (χ1n) is 19.3. The summed E-state index contributed by atoms with van der Waals surface area (Å²) in [6.45, 7) is 4.57. The Morgan fingerprint density at radius 3 is 0.561 bits per heavy atom. The molecule has 0 atom stereocenters. The molecule has 0 N–H and O–H groups in total. The fourth-order valence-electron chi connectivity index (χ4n) is 6.12. The average molecular weight is 577 g/mol. The van der Waals surface area contributed by atoms with Gasteiger partial charge < -0.3 is 0 Å². The fraction of sp³-hybridized carbons (Fsp3) is 0.949. The zero-order valence-corrected chi connectivity index (χ0v) is 28.6. The van der Waals surface area contributed by atoms with Crippen LogP contribution in [0, 0.1) is 0 Å². The predicted molar refractivity (Wildman–Crippen MR) is 183 cm³/mol. The molecule has 0 aromatic carbocycles. The molecule has 0 saturated heterocycles. The van der Waals surface area contributed by atoms with E-state index >= 15 is 0 Å². The summed E-state index contributed by atoms with van der Waals surface area (Å²) in [6, 6.07) is 0. The highest BCUT2D eigenvalue weighted by atomic mass is 16.2. The standard InChI is InChI=1S/C39H76O2/c1-3-5-7-9-11-13-15-17-18-19-20-21-22-23-25-27-29-31-33-35-37-39(41)38(40)36-34-32-30-28-26-24-16-14-12-10-8-6-4-2/h3-37H2,1-2H3. The molecule has 0 aromatic heterocycles. The Morgan fingerprint density at radius 2 is 0.390 bits per heavy atom. The van der Waals surface area contributed by atoms with Crippen molar-refractivity contribution in [1.82, 2.24) is 0 Å². The van der Waals surface area contributed by atoms with Gasteiger partial charge in [-0.25, -0.2) is 0 Å². The highest BCUT2D eigenvalue weighted by Crippen LogP contribution is 2.16. The molecule has 0 aliphatic carbocycles. The summed E-state index contributed by atoms with van der Waals surface area (Å²) in [5, 5.41) is 0. The summed E-state index contributed by atoms with van der Waals surface area (Å²) in [4.78, 5) is 24.3. The number of unbranched alkanes of at least 4 members (excludes halogenated alkanes) is 31. The monoisotopic (exact) mass is 577 g/mol. The van der Waals surface area contributed by atoms with E-state index in [1.807, 2.05) is 0 Å². The molecular weight excluding hydrogens is 500 g/mol. The molecule has 0 fully saturated rings. The van der Waals surface area contributed by atoms with E-state index in [1.165, 1.54) is 186 Å². The summed E-state index contributed by atoms with van der Waals surface area (Å²) in [6.07, 6.45) is 45.2. The minimum absolute atomic E-state index is 0.105. The first kappa shape index (κ1) is 40.3. The van der Waals surface area contributed by atoms with Crippen molar-refractivity contribution in [2.75, 3.05) is 0 Å². The lowest BCUT2D eigenvalue weighted by Gasteiger charge is -2.04. The Morgan fingerprint density at radius 1 is 0.244 bits per heavy atom. The molecular formula is C39H76O2. The number of hydrogen-bond donors (Lipinski definition) is 0. The Kier molecular flexibility index (Phi) is 35.0. The predicted octanol–water partition coefficient (Wildman–Crippen LogP) is 13.8. The van der Waals surface area contributed by atoms with Gasteiger partial charge in [0.25, 0.3) is 0 Å². The third kappa shape index (κ3) is 33.7. The van der Waals surface area contributed by atoms with E-state index in [0.717, 1.165) is 25.7 Å². The molecule has 0 unspecified atom stereocenters. The second-order valence-electron chi connectivity index (χ2n) is 13.3. The topological polar surface area (TPSA) is 34.1 Å². The van der Waals surface area contributed by atoms with Gasteiger partial charge in [-0.2, -0.15) is 0 Å². The van der Waals surface area contributed by atoms with Crippen LogP contribution in [-0.2, 0) is 9.59 Å². The molecule has 2 nitrogen and oxygen atoms in total. The molecule has 0 rings (SSSR count). The van der Waals surface area contributed by atoms with Crippen LogP contribution in [0.4, 0.5) is 0 Å². The van der Waals surface area contributed by atoms with E-state index in [1.54, 1.807) is 0 Å². The SMILES string of the molecule is CCCCCCCCCCCCCCCCCCCCCCC(=O)C(=O)CCCCCCCCCCCCCCC. The van der Waals surface area contributed by atoms with Gasteiger partial charge in [0.1, 0.15) is 0 Å². The quantitative estimate of drug-likeness (QED) is 0.0549. The summed E-state index contributed by atoms with van der Waals surface area (Å²) in [5.41, 5.74) is 0. The molecule has 2 heteroatoms. The van der Waals surface area contributed by atoms with Crippen LogP contribution in [0.25, 0.3) is 0 Å². The van der Waals surface area contributed by atoms with Gasteiger partial charge in [0.2, 0.25) is 0 Å². The number of ketones is 2. The lowest BCUT2D eigenvalue weighted by molar-refractivity contribution is -0.136. The minimum atomic E-state index is -0.106. The van der Waals surface area contributed by atoms with Gasteiger partial charge in [-0.05, 0) is 12.8 Å². The molecule has 0 heterocycles. The molecule has 0 aromatic rings. The molecule has 0 amide bonds. The van der Waals surface area contributed by atoms with Crippen molar-refractivity contribution in [1.29, 1.82) is 0 Å². The molecule has 0 radical (unpaired) electrons. The zero-order valence-electron chi connectivity index (χ0n) is 28.6. The van der Waals surface area contributed by atoms with Gasteiger partial charge in [-0.1, -0.05) is 213 Å². The van der Waals surface area contributed by atoms with E-state index in [9.17, 15) is 9.59 Å². The second-order valence-corrected chi connectivity index (χ2v) is 13.3. The van der Waals surface area contributed by atoms with Crippen molar-refractivity contribution < 1.29 is 9.59 Å². The number of carbonyl (C=O) groups is 2. The van der Waals surface area contributed by atoms with Crippen molar-refractivity contribution in [3.8, 4) is 0 Å². The van der Waals surface area contributed by atoms with Crippen LogP contribution in [0.1, 0.15) is 239 Å². The summed E-state index contributed by atoms with van der Waals surface area (Å²) in [7, 11) is 0. The number of carbonyl (C=O) groups excluding carboxylic acids is 2. The lowest BCUT2D eigenvalue weighted by atomic mass is 10.0. The van der Waals surface area contributed by atoms with Crippen molar-refractivity contribution in [2.24, 2.45) is 0 Å². The minimum Gasteiger partial charge on any atom is -0.291 e. The zero-order chi connectivity index (χ0) is 29.9. The van der Waals surface area contributed by atoms with Crippen molar-refractivity contribution in [2.45, 2.75) is 239 Å². The van der Waals surface area contributed by atoms with Crippen LogP contribution in [0.2, 0.25) is 0 Å². The maximum Gasteiger partial charge on any atom is 0.198 e. The van der Waals surface area contributed by atoms with Crippen LogP contribution in [0.3, 0.4) is 0 Å². The van der Waals surface area contributed by atoms with E-state index in [0.29, 0.717) is 12.8 Å². The van der Waals surface area contributed by atoms with Crippen molar-refractivity contribution in [3.05, 3.63) is 0 Å². The smallest absolute Gasteiger partial charge is 0.198 e. The van der Waals surface area contributed by atoms with Crippen LogP contribution in [-0.4, -0.2) is 11.6 Å². The first-order valence-corrected chi connectivity index (χ1v) is 19.3. The molecule has 0 aliphatic heterocycles. The lowest BCUT2D eigenvalue weighted by Crippen LogP contribution is -2.13. The van der Waals surface area contributed by atoms with Gasteiger partial charge in [0.05, 0.1) is 0 Å². The van der Waals surface area contributed by atoms with Crippen LogP contribution in [0.15, 0.2) is 0 Å². The number of rotatable bonds is 36. The summed E-state index contributed by atoms with van der Waals surface area (Å²) in [5.74, 6) is -0.211. The highest BCUT2D eigenvalue weighted by molar-refractivity contribution is 6.37. The summed E-state index contributed by atoms with van der Waals surface area (Å²) < 4.78 is 0. The number of hydrogen-bond acceptors (Lipinski definition) is 2. The summed E-state index contributed by atoms with van der Waals surface area (Å²) >= 11 is 0. The van der Waals surface area contributed by atoms with Gasteiger partial charge >= 0.3 is 0 Å². The van der Waals surface area contributed by atoms with Gasteiger partial charge in [0.15, 0.2) is 11.6 Å². The molecule has 0 aliphatic rings. The average Bonchev–Trinajstić information content (AvgIpc) is 2.98. The van der Waals surface area contributed by atoms with E-state index in [4.69, 9.17) is 0 Å². The third-order valence-electron chi connectivity index (χ3n) is 9.08. The second kappa shape index (κ2) is 35.5. The van der Waals surface area contributed by atoms with E-state index < -0.39 is 0 Å². The molecule has 0 saturated carbocycles. The molecule has 0 spiro atoms. The van der Waals surface area contributed by atoms with Crippen LogP contribution < -0.4 is 0 Å². The van der Waals surface area contributed by atoms with E-state index in [2.05, 4.69) is 13.8 Å². The molecule has 41 heavy (non-hydrogen) atoms. The Labute approximate surface area is 259 Å². The Bertz CT molecular complexity index is 526. The third-order valence-corrected chi connectivity index (χ3v) is 9.08. The molecule has 244 valence electrons. The largest absolute Gasteiger partial charge is 0.291 e. The maximum absolute atomic E-state index is 12.1. The van der Waals surface area contributed by atoms with Gasteiger partial charge in [-0.15, -0.1) is 0 Å². The van der Waals surface area contributed by atoms with Crippen molar-refractivity contribution >= 4 is 11.6 Å². The fourth-order valence-corrected chi connectivity index (χ4v) is 6.12. The van der Waals surface area contributed by atoms with Crippen molar-refractivity contribution in [3.63, 3.8) is 0 Å². The van der Waals surface area contributed by atoms with Gasteiger partial charge in [-0.3, -0.25) is 9.59 Å². The maximum atomic E-state index is 12.1.